The fraction of sp³-hybridized carbons (Fsp3) is 0.263. The van der Waals surface area contributed by atoms with Gasteiger partial charge in [0, 0.05) is 32.2 Å². The Bertz CT molecular complexity index is 741. The summed E-state index contributed by atoms with van der Waals surface area (Å²) in [5, 5.41) is 2.56. The van der Waals surface area contributed by atoms with Crippen molar-refractivity contribution in [1.82, 2.24) is 4.90 Å². The summed E-state index contributed by atoms with van der Waals surface area (Å²) in [6.45, 7) is 2.40. The van der Waals surface area contributed by atoms with Gasteiger partial charge in [-0.3, -0.25) is 9.59 Å². The van der Waals surface area contributed by atoms with E-state index in [0.717, 1.165) is 5.56 Å². The van der Waals surface area contributed by atoms with Crippen LogP contribution in [0.25, 0.3) is 0 Å². The zero-order valence-corrected chi connectivity index (χ0v) is 15.4. The summed E-state index contributed by atoms with van der Waals surface area (Å²) in [7, 11) is 0. The van der Waals surface area contributed by atoms with Crippen molar-refractivity contribution < 1.29 is 14.0 Å². The maximum atomic E-state index is 14.1. The number of halogens is 2. The minimum atomic E-state index is -0.624. The smallest absolute Gasteiger partial charge is 0.256 e. The first kappa shape index (κ1) is 21.6. The number of carbonyl (C=O) groups is 2. The molecular formula is C19H23ClFN3O2. The Morgan fingerprint density at radius 2 is 1.81 bits per heavy atom. The van der Waals surface area contributed by atoms with Crippen LogP contribution in [0.2, 0.25) is 0 Å². The van der Waals surface area contributed by atoms with Gasteiger partial charge in [-0.2, -0.15) is 0 Å². The van der Waals surface area contributed by atoms with Gasteiger partial charge in [0.2, 0.25) is 5.91 Å². The quantitative estimate of drug-likeness (QED) is 0.776. The lowest BCUT2D eigenvalue weighted by Gasteiger charge is -2.22. The zero-order chi connectivity index (χ0) is 18.2. The lowest BCUT2D eigenvalue weighted by atomic mass is 10.1. The molecule has 0 aromatic heterocycles. The largest absolute Gasteiger partial charge is 0.337 e. The molecular weight excluding hydrogens is 357 g/mol. The van der Waals surface area contributed by atoms with Crippen LogP contribution in [0.1, 0.15) is 22.8 Å². The third-order valence-electron chi connectivity index (χ3n) is 3.72. The van der Waals surface area contributed by atoms with Crippen molar-refractivity contribution >= 4 is 29.9 Å². The third-order valence-corrected chi connectivity index (χ3v) is 3.72. The van der Waals surface area contributed by atoms with Crippen molar-refractivity contribution in [1.29, 1.82) is 0 Å². The van der Waals surface area contributed by atoms with Crippen molar-refractivity contribution in [3.8, 4) is 0 Å². The molecule has 0 aliphatic rings. The summed E-state index contributed by atoms with van der Waals surface area (Å²) < 4.78 is 14.1. The number of hydrogen-bond donors (Lipinski definition) is 2. The predicted molar refractivity (Wildman–Crippen MR) is 103 cm³/mol. The van der Waals surface area contributed by atoms with Crippen molar-refractivity contribution in [3.63, 3.8) is 0 Å². The van der Waals surface area contributed by atoms with Crippen LogP contribution in [0.3, 0.4) is 0 Å². The first-order valence-electron chi connectivity index (χ1n) is 8.11. The lowest BCUT2D eigenvalue weighted by molar-refractivity contribution is -0.114. The van der Waals surface area contributed by atoms with Gasteiger partial charge < -0.3 is 16.0 Å². The summed E-state index contributed by atoms with van der Waals surface area (Å²) >= 11 is 0. The van der Waals surface area contributed by atoms with E-state index in [9.17, 15) is 14.0 Å². The molecule has 0 unspecified atom stereocenters. The number of nitrogens with one attached hydrogen (secondary N) is 1. The molecule has 0 atom stereocenters. The van der Waals surface area contributed by atoms with Crippen LogP contribution in [-0.2, 0) is 11.2 Å². The molecule has 2 aromatic rings. The molecule has 0 heterocycles. The first-order chi connectivity index (χ1) is 12.0. The number of rotatable bonds is 7. The Balaban J connectivity index is 0.00000338. The molecule has 0 fully saturated rings. The Morgan fingerprint density at radius 3 is 2.42 bits per heavy atom. The van der Waals surface area contributed by atoms with Crippen LogP contribution in [0.15, 0.2) is 48.5 Å². The van der Waals surface area contributed by atoms with Crippen molar-refractivity contribution in [2.24, 2.45) is 5.73 Å². The molecule has 0 aliphatic carbocycles. The van der Waals surface area contributed by atoms with Gasteiger partial charge in [0.05, 0.1) is 5.56 Å². The van der Waals surface area contributed by atoms with E-state index in [-0.39, 0.29) is 30.4 Å². The Hall–Kier alpha value is -2.44. The van der Waals surface area contributed by atoms with Gasteiger partial charge in [0.1, 0.15) is 5.82 Å². The lowest BCUT2D eigenvalue weighted by Crippen LogP contribution is -2.37. The number of amides is 2. The highest BCUT2D eigenvalue weighted by Gasteiger charge is 2.19. The predicted octanol–water partition coefficient (Wildman–Crippen LogP) is 2.85. The maximum absolute atomic E-state index is 14.1. The molecule has 0 radical (unpaired) electrons. The number of nitrogens with two attached hydrogens (primary N) is 1. The van der Waals surface area contributed by atoms with E-state index in [1.54, 1.807) is 0 Å². The maximum Gasteiger partial charge on any atom is 0.256 e. The Morgan fingerprint density at radius 1 is 1.12 bits per heavy atom. The van der Waals surface area contributed by atoms with Gasteiger partial charge >= 0.3 is 0 Å². The molecule has 0 bridgehead atoms. The highest BCUT2D eigenvalue weighted by Crippen LogP contribution is 2.17. The van der Waals surface area contributed by atoms with Gasteiger partial charge in [0.25, 0.3) is 5.91 Å². The summed E-state index contributed by atoms with van der Waals surface area (Å²) in [6, 6.07) is 13.7. The minimum Gasteiger partial charge on any atom is -0.337 e. The number of anilines is 1. The summed E-state index contributed by atoms with van der Waals surface area (Å²) in [5.74, 6) is -1.35. The zero-order valence-electron chi connectivity index (χ0n) is 14.6. The average Bonchev–Trinajstić information content (AvgIpc) is 2.60. The highest BCUT2D eigenvalue weighted by atomic mass is 35.5. The van der Waals surface area contributed by atoms with Gasteiger partial charge in [-0.05, 0) is 30.2 Å². The third kappa shape index (κ3) is 6.13. The molecule has 0 spiro atoms. The first-order valence-corrected chi connectivity index (χ1v) is 8.11. The highest BCUT2D eigenvalue weighted by molar-refractivity contribution is 5.97. The van der Waals surface area contributed by atoms with Crippen LogP contribution in [0.4, 0.5) is 10.1 Å². The van der Waals surface area contributed by atoms with Crippen LogP contribution < -0.4 is 11.1 Å². The Kier molecular flexibility index (Phi) is 8.75. The molecule has 26 heavy (non-hydrogen) atoms. The molecule has 3 N–H and O–H groups in total. The summed E-state index contributed by atoms with van der Waals surface area (Å²) in [6.07, 6.45) is 0.652. The van der Waals surface area contributed by atoms with Gasteiger partial charge in [-0.25, -0.2) is 4.39 Å². The topological polar surface area (TPSA) is 75.4 Å². The molecule has 7 heteroatoms. The van der Waals surface area contributed by atoms with E-state index < -0.39 is 11.7 Å². The molecule has 0 saturated heterocycles. The normalized spacial score (nSPS) is 9.96. The van der Waals surface area contributed by atoms with Crippen molar-refractivity contribution in [3.05, 3.63) is 65.5 Å². The fourth-order valence-electron chi connectivity index (χ4n) is 2.52. The van der Waals surface area contributed by atoms with E-state index in [1.165, 1.54) is 30.0 Å². The SMILES string of the molecule is CC(=O)Nc1ccc(F)c(C(=O)N(CCN)CCc2ccccc2)c1.Cl. The standard InChI is InChI=1S/C19H22FN3O2.ClH/c1-14(24)22-16-7-8-18(20)17(13-16)19(25)23(12-10-21)11-9-15-5-3-2-4-6-15;/h2-8,13H,9-12,21H2,1H3,(H,22,24);1H. The fourth-order valence-corrected chi connectivity index (χ4v) is 2.52. The molecule has 2 amide bonds. The molecule has 0 aliphatic heterocycles. The molecule has 2 rings (SSSR count). The van der Waals surface area contributed by atoms with E-state index in [0.29, 0.717) is 25.2 Å². The molecule has 140 valence electrons. The van der Waals surface area contributed by atoms with E-state index in [2.05, 4.69) is 5.32 Å². The molecule has 5 nitrogen and oxygen atoms in total. The second-order valence-electron chi connectivity index (χ2n) is 5.69. The van der Waals surface area contributed by atoms with E-state index in [1.807, 2.05) is 30.3 Å². The molecule has 0 saturated carbocycles. The summed E-state index contributed by atoms with van der Waals surface area (Å²) in [4.78, 5) is 25.4. The van der Waals surface area contributed by atoms with Crippen LogP contribution in [0.5, 0.6) is 0 Å². The molecule has 2 aromatic carbocycles. The second kappa shape index (κ2) is 10.5. The second-order valence-corrected chi connectivity index (χ2v) is 5.69. The van der Waals surface area contributed by atoms with Gasteiger partial charge in [-0.1, -0.05) is 30.3 Å². The number of nitrogens with zero attached hydrogens (tertiary/aromatic N) is 1. The monoisotopic (exact) mass is 379 g/mol. The van der Waals surface area contributed by atoms with E-state index >= 15 is 0 Å². The average molecular weight is 380 g/mol. The van der Waals surface area contributed by atoms with Crippen LogP contribution >= 0.6 is 12.4 Å². The van der Waals surface area contributed by atoms with Crippen molar-refractivity contribution in [2.75, 3.05) is 25.0 Å². The number of benzene rings is 2. The Labute approximate surface area is 158 Å². The summed E-state index contributed by atoms with van der Waals surface area (Å²) in [5.41, 5.74) is 7.00. The van der Waals surface area contributed by atoms with Crippen LogP contribution in [-0.4, -0.2) is 36.3 Å². The number of hydrogen-bond acceptors (Lipinski definition) is 3. The van der Waals surface area contributed by atoms with Crippen molar-refractivity contribution in [2.45, 2.75) is 13.3 Å². The van der Waals surface area contributed by atoms with E-state index in [4.69, 9.17) is 5.73 Å². The van der Waals surface area contributed by atoms with Gasteiger partial charge in [0.15, 0.2) is 0 Å². The number of carbonyl (C=O) groups excluding carboxylic acids is 2. The van der Waals surface area contributed by atoms with Gasteiger partial charge in [-0.15, -0.1) is 12.4 Å². The van der Waals surface area contributed by atoms with Crippen LogP contribution in [0, 0.1) is 5.82 Å². The minimum absolute atomic E-state index is 0.